The van der Waals surface area contributed by atoms with Gasteiger partial charge in [-0.3, -0.25) is 4.99 Å². The number of halogens is 1. The van der Waals surface area contributed by atoms with Crippen molar-refractivity contribution < 1.29 is 9.47 Å². The van der Waals surface area contributed by atoms with Gasteiger partial charge in [-0.25, -0.2) is 0 Å². The summed E-state index contributed by atoms with van der Waals surface area (Å²) in [6, 6.07) is 31.0. The molecule has 0 radical (unpaired) electrons. The molecule has 1 aliphatic heterocycles. The van der Waals surface area contributed by atoms with Crippen LogP contribution in [-0.2, 0) is 6.61 Å². The van der Waals surface area contributed by atoms with Gasteiger partial charge in [0, 0.05) is 22.8 Å². The summed E-state index contributed by atoms with van der Waals surface area (Å²) in [4.78, 5) is 4.71. The fourth-order valence-electron chi connectivity index (χ4n) is 5.42. The molecule has 1 heterocycles. The van der Waals surface area contributed by atoms with Crippen LogP contribution in [0.4, 0.5) is 11.4 Å². The molecule has 0 fully saturated rings. The van der Waals surface area contributed by atoms with Crippen LogP contribution < -0.4 is 14.8 Å². The topological polar surface area (TPSA) is 42.8 Å². The lowest BCUT2D eigenvalue weighted by molar-refractivity contribution is 0.284. The van der Waals surface area contributed by atoms with Gasteiger partial charge < -0.3 is 14.8 Å². The molecule has 5 heteroatoms. The molecule has 0 saturated carbocycles. The van der Waals surface area contributed by atoms with Crippen LogP contribution in [0, 0.1) is 5.92 Å². The summed E-state index contributed by atoms with van der Waals surface area (Å²) in [5, 5.41) is 4.50. The van der Waals surface area contributed by atoms with Crippen molar-refractivity contribution in [2.24, 2.45) is 10.9 Å². The zero-order valence-electron chi connectivity index (χ0n) is 21.2. The van der Waals surface area contributed by atoms with E-state index in [1.165, 1.54) is 16.8 Å². The molecular weight excluding hydrogens is 492 g/mol. The highest BCUT2D eigenvalue weighted by Gasteiger charge is 2.37. The van der Waals surface area contributed by atoms with Crippen molar-refractivity contribution in [1.82, 2.24) is 0 Å². The molecule has 1 N–H and O–H groups in total. The molecule has 0 spiro atoms. The molecule has 38 heavy (non-hydrogen) atoms. The Hall–Kier alpha value is -4.02. The number of nitrogens with one attached hydrogen (secondary N) is 1. The minimum absolute atomic E-state index is 0.285. The van der Waals surface area contributed by atoms with Crippen LogP contribution >= 0.6 is 11.6 Å². The van der Waals surface area contributed by atoms with Crippen LogP contribution in [0.1, 0.15) is 40.6 Å². The maximum atomic E-state index is 5.97. The number of benzene rings is 4. The summed E-state index contributed by atoms with van der Waals surface area (Å²) in [6.45, 7) is 0.437. The van der Waals surface area contributed by atoms with Crippen LogP contribution in [0.15, 0.2) is 108 Å². The first-order valence-electron chi connectivity index (χ1n) is 12.9. The number of hydrogen-bond acceptors (Lipinski definition) is 4. The van der Waals surface area contributed by atoms with E-state index >= 15 is 0 Å². The molecule has 4 nitrogen and oxygen atoms in total. The van der Waals surface area contributed by atoms with Gasteiger partial charge in [-0.05, 0) is 83.1 Å². The predicted molar refractivity (Wildman–Crippen MR) is 155 cm³/mol. The third-order valence-electron chi connectivity index (χ3n) is 7.38. The molecule has 0 amide bonds. The summed E-state index contributed by atoms with van der Waals surface area (Å²) < 4.78 is 11.5. The zero-order chi connectivity index (χ0) is 25.9. The molecule has 3 atom stereocenters. The Balaban J connectivity index is 1.14. The van der Waals surface area contributed by atoms with Crippen molar-refractivity contribution in [3.05, 3.63) is 130 Å². The van der Waals surface area contributed by atoms with Crippen molar-refractivity contribution in [2.45, 2.75) is 25.0 Å². The van der Waals surface area contributed by atoms with Gasteiger partial charge in [-0.2, -0.15) is 0 Å². The number of aliphatic imine (C=N–C) groups is 1. The molecule has 6 rings (SSSR count). The molecule has 0 unspecified atom stereocenters. The van der Waals surface area contributed by atoms with Crippen molar-refractivity contribution in [3.8, 4) is 11.5 Å². The third kappa shape index (κ3) is 5.05. The molecule has 0 bridgehead atoms. The van der Waals surface area contributed by atoms with Gasteiger partial charge in [-0.1, -0.05) is 66.2 Å². The first-order valence-corrected chi connectivity index (χ1v) is 13.3. The molecule has 0 aromatic heterocycles. The van der Waals surface area contributed by atoms with Crippen molar-refractivity contribution in [3.63, 3.8) is 0 Å². The van der Waals surface area contributed by atoms with Gasteiger partial charge in [0.2, 0.25) is 0 Å². The van der Waals surface area contributed by atoms with E-state index in [1.807, 2.05) is 48.7 Å². The van der Waals surface area contributed by atoms with Gasteiger partial charge in [0.1, 0.15) is 6.61 Å². The number of allylic oxidation sites excluding steroid dienone is 2. The highest BCUT2D eigenvalue weighted by Crippen LogP contribution is 2.49. The van der Waals surface area contributed by atoms with Gasteiger partial charge >= 0.3 is 0 Å². The minimum Gasteiger partial charge on any atom is -0.493 e. The molecule has 0 saturated heterocycles. The first kappa shape index (κ1) is 24.3. The number of para-hydroxylation sites is 1. The molecule has 1 aliphatic carbocycles. The fourth-order valence-corrected chi connectivity index (χ4v) is 5.54. The largest absolute Gasteiger partial charge is 0.493 e. The van der Waals surface area contributed by atoms with Gasteiger partial charge in [-0.15, -0.1) is 0 Å². The van der Waals surface area contributed by atoms with E-state index in [2.05, 4.69) is 66.0 Å². The Morgan fingerprint density at radius 1 is 0.947 bits per heavy atom. The van der Waals surface area contributed by atoms with Crippen LogP contribution in [0.3, 0.4) is 0 Å². The van der Waals surface area contributed by atoms with Crippen LogP contribution in [0.25, 0.3) is 0 Å². The lowest BCUT2D eigenvalue weighted by Crippen LogP contribution is -2.28. The van der Waals surface area contributed by atoms with Gasteiger partial charge in [0.25, 0.3) is 0 Å². The quantitative estimate of drug-likeness (QED) is 0.196. The monoisotopic (exact) mass is 520 g/mol. The Kier molecular flexibility index (Phi) is 6.89. The molecule has 2 aliphatic rings. The highest BCUT2D eigenvalue weighted by molar-refractivity contribution is 6.30. The Morgan fingerprint density at radius 2 is 1.76 bits per heavy atom. The van der Waals surface area contributed by atoms with E-state index in [-0.39, 0.29) is 6.04 Å². The lowest BCUT2D eigenvalue weighted by Gasteiger charge is -2.37. The average Bonchev–Trinajstić information content (AvgIpc) is 3.46. The highest BCUT2D eigenvalue weighted by atomic mass is 35.5. The van der Waals surface area contributed by atoms with E-state index in [4.69, 9.17) is 26.1 Å². The van der Waals surface area contributed by atoms with Crippen LogP contribution in [0.2, 0.25) is 5.02 Å². The number of rotatable bonds is 7. The Morgan fingerprint density at radius 3 is 2.58 bits per heavy atom. The van der Waals surface area contributed by atoms with Crippen molar-refractivity contribution >= 4 is 29.2 Å². The molecular formula is C33H29ClN2O2. The normalized spacial score (nSPS) is 19.6. The zero-order valence-corrected chi connectivity index (χ0v) is 21.9. The maximum absolute atomic E-state index is 5.97. The van der Waals surface area contributed by atoms with Gasteiger partial charge in [0.05, 0.1) is 18.8 Å². The number of ether oxygens (including phenoxy) is 2. The van der Waals surface area contributed by atoms with Crippen molar-refractivity contribution in [1.29, 1.82) is 0 Å². The van der Waals surface area contributed by atoms with Crippen LogP contribution in [-0.4, -0.2) is 13.3 Å². The van der Waals surface area contributed by atoms with E-state index in [0.29, 0.717) is 35.0 Å². The maximum Gasteiger partial charge on any atom is 0.161 e. The molecule has 4 aromatic rings. The van der Waals surface area contributed by atoms with Crippen molar-refractivity contribution in [2.75, 3.05) is 12.4 Å². The van der Waals surface area contributed by atoms with E-state index in [0.717, 1.165) is 23.2 Å². The summed E-state index contributed by atoms with van der Waals surface area (Å²) in [6.07, 6.45) is 7.65. The number of methoxy groups -OCH3 is 1. The second-order valence-corrected chi connectivity index (χ2v) is 10.2. The number of anilines is 1. The number of fused-ring (bicyclic) bond motifs is 3. The first-order chi connectivity index (χ1) is 18.7. The average molecular weight is 521 g/mol. The fraction of sp³-hybridized carbons (Fsp3) is 0.182. The SMILES string of the molecule is COc1cc(C=Nc2ccc([C@@H]3Nc4ccccc4[C@H]4C=CC[C@H]43)cc2)ccc1OCc1ccc(Cl)cc1. The van der Waals surface area contributed by atoms with E-state index in [1.54, 1.807) is 7.11 Å². The second kappa shape index (κ2) is 10.8. The standard InChI is InChI=1S/C33H29ClN2O2/c1-37-32-19-23(11-18-31(32)38-21-22-9-14-25(34)15-10-22)20-35-26-16-12-24(13-17-26)33-29-7-4-6-27(29)28-5-2-3-8-30(28)36-33/h2-6,8-20,27,29,33,36H,7,21H2,1H3/t27-,29-,33+/m1/s1. The predicted octanol–water partition coefficient (Wildman–Crippen LogP) is 8.50. The lowest BCUT2D eigenvalue weighted by atomic mass is 9.77. The summed E-state index contributed by atoms with van der Waals surface area (Å²) in [5.74, 6) is 2.36. The Labute approximate surface area is 228 Å². The third-order valence-corrected chi connectivity index (χ3v) is 7.63. The molecule has 190 valence electrons. The van der Waals surface area contributed by atoms with E-state index < -0.39 is 0 Å². The minimum atomic E-state index is 0.285. The molecule has 4 aromatic carbocycles. The number of nitrogens with zero attached hydrogens (tertiary/aromatic N) is 1. The van der Waals surface area contributed by atoms with E-state index in [9.17, 15) is 0 Å². The summed E-state index contributed by atoms with van der Waals surface area (Å²) >= 11 is 5.97. The number of hydrogen-bond donors (Lipinski definition) is 1. The Bertz CT molecular complexity index is 1480. The second-order valence-electron chi connectivity index (χ2n) is 9.74. The van der Waals surface area contributed by atoms with Gasteiger partial charge in [0.15, 0.2) is 11.5 Å². The smallest absolute Gasteiger partial charge is 0.161 e. The summed E-state index contributed by atoms with van der Waals surface area (Å²) in [5.41, 5.74) is 6.82. The summed E-state index contributed by atoms with van der Waals surface area (Å²) in [7, 11) is 1.65. The van der Waals surface area contributed by atoms with Crippen LogP contribution in [0.5, 0.6) is 11.5 Å².